The van der Waals surface area contributed by atoms with E-state index in [4.69, 9.17) is 21.3 Å². The Morgan fingerprint density at radius 1 is 1.25 bits per heavy atom. The van der Waals surface area contributed by atoms with Crippen molar-refractivity contribution in [2.45, 2.75) is 52.7 Å². The van der Waals surface area contributed by atoms with Crippen molar-refractivity contribution in [3.63, 3.8) is 0 Å². The summed E-state index contributed by atoms with van der Waals surface area (Å²) in [5.41, 5.74) is 3.68. The number of carbonyl (C=O) groups excluding carboxylic acids is 1. The first-order chi connectivity index (χ1) is 13.3. The van der Waals surface area contributed by atoms with E-state index in [1.54, 1.807) is 0 Å². The highest BCUT2D eigenvalue weighted by atomic mass is 35.5. The summed E-state index contributed by atoms with van der Waals surface area (Å²) in [4.78, 5) is 23.3. The molecule has 1 N–H and O–H groups in total. The van der Waals surface area contributed by atoms with Crippen molar-refractivity contribution in [1.82, 2.24) is 15.3 Å². The molecule has 2 aromatic rings. The van der Waals surface area contributed by atoms with Crippen LogP contribution >= 0.6 is 11.6 Å². The number of piperidine rings is 1. The zero-order valence-corrected chi connectivity index (χ0v) is 17.6. The van der Waals surface area contributed by atoms with Crippen molar-refractivity contribution >= 4 is 23.5 Å². The molecule has 0 spiro atoms. The average molecular weight is 403 g/mol. The number of alkyl carbamates (subject to hydrolysis) is 1. The third-order valence-electron chi connectivity index (χ3n) is 4.75. The topological polar surface area (TPSA) is 67.4 Å². The van der Waals surface area contributed by atoms with Gasteiger partial charge < -0.3 is 15.0 Å². The zero-order chi connectivity index (χ0) is 20.3. The minimum absolute atomic E-state index is 0.115. The molecule has 0 unspecified atom stereocenters. The van der Waals surface area contributed by atoms with Crippen LogP contribution in [-0.2, 0) is 4.74 Å². The zero-order valence-electron chi connectivity index (χ0n) is 16.8. The van der Waals surface area contributed by atoms with Crippen LogP contribution in [0.4, 0.5) is 10.6 Å². The van der Waals surface area contributed by atoms with Gasteiger partial charge in [-0.3, -0.25) is 4.98 Å². The van der Waals surface area contributed by atoms with Crippen molar-refractivity contribution < 1.29 is 9.53 Å². The first-order valence-electron chi connectivity index (χ1n) is 9.65. The minimum atomic E-state index is -0.346. The molecule has 0 aliphatic carbocycles. The number of nitrogens with one attached hydrogen (secondary N) is 1. The average Bonchev–Trinajstić information content (AvgIpc) is 2.63. The molecule has 0 bridgehead atoms. The fraction of sp³-hybridized carbons (Fsp3) is 0.476. The lowest BCUT2D eigenvalue weighted by Gasteiger charge is -2.33. The van der Waals surface area contributed by atoms with E-state index in [0.717, 1.165) is 48.6 Å². The predicted molar refractivity (Wildman–Crippen MR) is 112 cm³/mol. The molecule has 2 aromatic heterocycles. The third-order valence-corrected chi connectivity index (χ3v) is 5.06. The summed E-state index contributed by atoms with van der Waals surface area (Å²) >= 11 is 6.42. The molecule has 0 aromatic carbocycles. The predicted octanol–water partition coefficient (Wildman–Crippen LogP) is 4.52. The molecule has 6 nitrogen and oxygen atoms in total. The van der Waals surface area contributed by atoms with E-state index in [2.05, 4.69) is 21.3 Å². The summed E-state index contributed by atoms with van der Waals surface area (Å²) in [6.07, 6.45) is 3.06. The van der Waals surface area contributed by atoms with Gasteiger partial charge in [0.2, 0.25) is 0 Å². The minimum Gasteiger partial charge on any atom is -0.447 e. The van der Waals surface area contributed by atoms with Gasteiger partial charge in [0.05, 0.1) is 16.8 Å². The Balaban J connectivity index is 1.70. The molecule has 1 aliphatic heterocycles. The van der Waals surface area contributed by atoms with E-state index >= 15 is 0 Å². The van der Waals surface area contributed by atoms with E-state index in [9.17, 15) is 4.79 Å². The van der Waals surface area contributed by atoms with E-state index in [1.165, 1.54) is 0 Å². The van der Waals surface area contributed by atoms with Gasteiger partial charge in [-0.15, -0.1) is 0 Å². The van der Waals surface area contributed by atoms with E-state index in [-0.39, 0.29) is 18.2 Å². The maximum atomic E-state index is 11.8. The fourth-order valence-corrected chi connectivity index (χ4v) is 3.60. The molecular weight excluding hydrogens is 376 g/mol. The van der Waals surface area contributed by atoms with E-state index < -0.39 is 0 Å². The monoisotopic (exact) mass is 402 g/mol. The molecule has 1 amide bonds. The second kappa shape index (κ2) is 8.78. The summed E-state index contributed by atoms with van der Waals surface area (Å²) in [5.74, 6) is 0.879. The number of aryl methyl sites for hydroxylation is 2. The smallest absolute Gasteiger partial charge is 0.407 e. The van der Waals surface area contributed by atoms with Crippen LogP contribution in [0, 0.1) is 13.8 Å². The number of carbonyl (C=O) groups is 1. The normalized spacial score (nSPS) is 15.0. The number of aromatic nitrogens is 2. The SMILES string of the molecule is Cc1cnc(-c2nc(N3CCC(NC(=O)OC(C)C)CC3)ccc2Cl)c(C)c1. The van der Waals surface area contributed by atoms with Crippen LogP contribution in [0.25, 0.3) is 11.4 Å². The Morgan fingerprint density at radius 2 is 1.96 bits per heavy atom. The van der Waals surface area contributed by atoms with Gasteiger partial charge in [-0.25, -0.2) is 9.78 Å². The lowest BCUT2D eigenvalue weighted by atomic mass is 10.1. The van der Waals surface area contributed by atoms with Crippen LogP contribution in [0.1, 0.15) is 37.8 Å². The number of pyridine rings is 2. The highest BCUT2D eigenvalue weighted by Crippen LogP contribution is 2.30. The van der Waals surface area contributed by atoms with Gasteiger partial charge in [0.15, 0.2) is 0 Å². The van der Waals surface area contributed by atoms with Gasteiger partial charge in [0, 0.05) is 25.3 Å². The number of ether oxygens (including phenoxy) is 1. The molecule has 1 fully saturated rings. The van der Waals surface area contributed by atoms with Crippen molar-refractivity contribution in [2.24, 2.45) is 0 Å². The van der Waals surface area contributed by atoms with Crippen LogP contribution in [0.2, 0.25) is 5.02 Å². The summed E-state index contributed by atoms with van der Waals surface area (Å²) in [5, 5.41) is 3.54. The number of halogens is 1. The standard InChI is InChI=1S/C21H27ClN4O2/c1-13(2)28-21(27)24-16-7-9-26(10-8-16)18-6-5-17(22)20(25-18)19-15(4)11-14(3)12-23-19/h5-6,11-13,16H,7-10H2,1-4H3,(H,24,27). The molecule has 7 heteroatoms. The lowest BCUT2D eigenvalue weighted by molar-refractivity contribution is 0.111. The second-order valence-electron chi connectivity index (χ2n) is 7.54. The summed E-state index contributed by atoms with van der Waals surface area (Å²) in [7, 11) is 0. The van der Waals surface area contributed by atoms with Gasteiger partial charge in [-0.2, -0.15) is 0 Å². The second-order valence-corrected chi connectivity index (χ2v) is 7.94. The third kappa shape index (κ3) is 4.93. The summed E-state index contributed by atoms with van der Waals surface area (Å²) < 4.78 is 5.16. The van der Waals surface area contributed by atoms with Crippen molar-refractivity contribution in [3.05, 3.63) is 40.5 Å². The number of rotatable bonds is 4. The van der Waals surface area contributed by atoms with Gasteiger partial charge in [-0.1, -0.05) is 17.7 Å². The van der Waals surface area contributed by atoms with Crippen LogP contribution in [0.3, 0.4) is 0 Å². The molecule has 3 heterocycles. The maximum absolute atomic E-state index is 11.8. The molecule has 0 radical (unpaired) electrons. The van der Waals surface area contributed by atoms with Gasteiger partial charge in [0.25, 0.3) is 0 Å². The van der Waals surface area contributed by atoms with Gasteiger partial charge >= 0.3 is 6.09 Å². The number of nitrogens with zero attached hydrogens (tertiary/aromatic N) is 3. The Labute approximate surface area is 171 Å². The van der Waals surface area contributed by atoms with Crippen molar-refractivity contribution in [1.29, 1.82) is 0 Å². The number of anilines is 1. The Hall–Kier alpha value is -2.34. The van der Waals surface area contributed by atoms with Gasteiger partial charge in [-0.05, 0) is 63.8 Å². The quantitative estimate of drug-likeness (QED) is 0.814. The van der Waals surface area contributed by atoms with Crippen LogP contribution in [0.5, 0.6) is 0 Å². The first kappa shape index (κ1) is 20.4. The van der Waals surface area contributed by atoms with Crippen LogP contribution < -0.4 is 10.2 Å². The molecule has 1 aliphatic rings. The lowest BCUT2D eigenvalue weighted by Crippen LogP contribution is -2.45. The highest BCUT2D eigenvalue weighted by molar-refractivity contribution is 6.33. The van der Waals surface area contributed by atoms with E-state index in [1.807, 2.05) is 46.0 Å². The molecule has 0 saturated carbocycles. The molecule has 3 rings (SSSR count). The van der Waals surface area contributed by atoms with Crippen molar-refractivity contribution in [2.75, 3.05) is 18.0 Å². The molecule has 150 valence electrons. The fourth-order valence-electron chi connectivity index (χ4n) is 3.40. The number of amides is 1. The Morgan fingerprint density at radius 3 is 2.61 bits per heavy atom. The summed E-state index contributed by atoms with van der Waals surface area (Å²) in [6.45, 7) is 9.34. The largest absolute Gasteiger partial charge is 0.447 e. The maximum Gasteiger partial charge on any atom is 0.407 e. The van der Waals surface area contributed by atoms with Crippen LogP contribution in [0.15, 0.2) is 24.4 Å². The molecule has 0 atom stereocenters. The van der Waals surface area contributed by atoms with Gasteiger partial charge in [0.1, 0.15) is 11.5 Å². The Kier molecular flexibility index (Phi) is 6.39. The number of hydrogen-bond acceptors (Lipinski definition) is 5. The molecule has 28 heavy (non-hydrogen) atoms. The molecule has 1 saturated heterocycles. The highest BCUT2D eigenvalue weighted by Gasteiger charge is 2.23. The Bertz CT molecular complexity index is 848. The first-order valence-corrected chi connectivity index (χ1v) is 10.0. The number of hydrogen-bond donors (Lipinski definition) is 1. The van der Waals surface area contributed by atoms with Crippen LogP contribution in [-0.4, -0.2) is 41.3 Å². The molecular formula is C21H27ClN4O2. The van der Waals surface area contributed by atoms with E-state index in [0.29, 0.717) is 10.7 Å². The van der Waals surface area contributed by atoms with Crippen molar-refractivity contribution in [3.8, 4) is 11.4 Å². The summed E-state index contributed by atoms with van der Waals surface area (Å²) in [6, 6.07) is 6.02.